The van der Waals surface area contributed by atoms with Gasteiger partial charge in [0.15, 0.2) is 0 Å². The minimum Gasteiger partial charge on any atom is -0.424 e. The molecule has 0 unspecified atom stereocenters. The molecule has 12 heavy (non-hydrogen) atoms. The smallest absolute Gasteiger partial charge is 0.424 e. The Labute approximate surface area is 88.3 Å². The topological polar surface area (TPSA) is 98.9 Å². The number of nitrogens with zero attached hydrogens (tertiary/aromatic N) is 2. The van der Waals surface area contributed by atoms with Gasteiger partial charge in [0.25, 0.3) is 5.56 Å². The van der Waals surface area contributed by atoms with Crippen molar-refractivity contribution in [3.05, 3.63) is 32.6 Å². The summed E-state index contributed by atoms with van der Waals surface area (Å²) >= 11 is 0. The largest absolute Gasteiger partial charge is 1.00 e. The van der Waals surface area contributed by atoms with Crippen LogP contribution in [0.2, 0.25) is 0 Å². The number of aromatic nitrogens is 2. The Hall–Kier alpha value is -1.03. The average molecular weight is 176 g/mol. The summed E-state index contributed by atoms with van der Waals surface area (Å²) in [5.74, 6) is 0. The van der Waals surface area contributed by atoms with E-state index in [4.69, 9.17) is 10.5 Å². The second-order valence-electron chi connectivity index (χ2n) is 1.76. The van der Waals surface area contributed by atoms with Gasteiger partial charge in [0.05, 0.1) is 6.20 Å². The van der Waals surface area contributed by atoms with Crippen LogP contribution >= 0.6 is 0 Å². The molecule has 0 amide bonds. The summed E-state index contributed by atoms with van der Waals surface area (Å²) in [6.45, 7) is 0. The summed E-state index contributed by atoms with van der Waals surface area (Å²) in [5.41, 5.74) is -2.08. The fraction of sp³-hybridized carbons (Fsp3) is 0. The van der Waals surface area contributed by atoms with Gasteiger partial charge in [0.2, 0.25) is 0 Å². The Morgan fingerprint density at radius 3 is 2.67 bits per heavy atom. The minimum absolute atomic E-state index is 0. The zero-order valence-electron chi connectivity index (χ0n) is 6.24. The van der Waals surface area contributed by atoms with Crippen molar-refractivity contribution in [2.45, 2.75) is 0 Å². The van der Waals surface area contributed by atoms with E-state index in [0.29, 0.717) is 0 Å². The van der Waals surface area contributed by atoms with Crippen LogP contribution < -0.4 is 40.8 Å². The van der Waals surface area contributed by atoms with Crippen molar-refractivity contribution in [1.29, 1.82) is 5.26 Å². The number of nitriles is 1. The molecule has 0 fully saturated rings. The molecule has 0 atom stereocenters. The molecular weight excluding hydrogens is 173 g/mol. The van der Waals surface area contributed by atoms with E-state index in [1.54, 1.807) is 4.98 Å². The van der Waals surface area contributed by atoms with Crippen LogP contribution in [0.15, 0.2) is 15.8 Å². The molecule has 0 bridgehead atoms. The third-order valence-electron chi connectivity index (χ3n) is 1.05. The predicted octanol–water partition coefficient (Wildman–Crippen LogP) is -4.35. The molecule has 0 saturated carbocycles. The van der Waals surface area contributed by atoms with Crippen LogP contribution in [0, 0.1) is 11.3 Å². The van der Waals surface area contributed by atoms with Gasteiger partial charge in [-0.3, -0.25) is 9.78 Å². The van der Waals surface area contributed by atoms with Crippen LogP contribution in [0.3, 0.4) is 0 Å². The fourth-order valence-electron chi connectivity index (χ4n) is 0.541. The maximum absolute atomic E-state index is 10.6. The molecule has 0 saturated heterocycles. The first kappa shape index (κ1) is 11.0. The van der Waals surface area contributed by atoms with Crippen LogP contribution in [-0.2, 0) is 0 Å². The molecule has 2 N–H and O–H groups in total. The molecule has 0 aliphatic rings. The summed E-state index contributed by atoms with van der Waals surface area (Å²) in [4.78, 5) is 22.8. The summed E-state index contributed by atoms with van der Waals surface area (Å²) in [7, 11) is 0. The Kier molecular flexibility index (Phi) is 3.76. The van der Waals surface area contributed by atoms with Crippen molar-refractivity contribution < 1.29 is 34.8 Å². The first-order valence-corrected chi connectivity index (χ1v) is 2.60. The normalized spacial score (nSPS) is 8.25. The van der Waals surface area contributed by atoms with Crippen molar-refractivity contribution in [2.75, 3.05) is 0 Å². The SMILES string of the molecule is N#Cc1cn(O)c(=O)[nH]c1=O.[Na+]. The molecule has 0 aliphatic heterocycles. The van der Waals surface area contributed by atoms with Gasteiger partial charge in [0, 0.05) is 0 Å². The molecule has 0 radical (unpaired) electrons. The predicted molar refractivity (Wildman–Crippen MR) is 33.2 cm³/mol. The fourth-order valence-corrected chi connectivity index (χ4v) is 0.541. The second kappa shape index (κ2) is 4.11. The summed E-state index contributed by atoms with van der Waals surface area (Å²) in [5, 5.41) is 16.9. The summed E-state index contributed by atoms with van der Waals surface area (Å²) in [6, 6.07) is 1.50. The van der Waals surface area contributed by atoms with E-state index in [0.717, 1.165) is 6.20 Å². The van der Waals surface area contributed by atoms with Gasteiger partial charge in [0.1, 0.15) is 11.6 Å². The molecule has 1 rings (SSSR count). The first-order valence-electron chi connectivity index (χ1n) is 2.60. The zero-order valence-corrected chi connectivity index (χ0v) is 8.24. The molecule has 0 spiro atoms. The Balaban J connectivity index is 0.00000121. The van der Waals surface area contributed by atoms with Gasteiger partial charge in [-0.15, -0.1) is 4.73 Å². The van der Waals surface area contributed by atoms with Crippen molar-refractivity contribution in [1.82, 2.24) is 9.71 Å². The van der Waals surface area contributed by atoms with E-state index in [1.807, 2.05) is 0 Å². The van der Waals surface area contributed by atoms with Gasteiger partial charge in [-0.2, -0.15) is 5.26 Å². The zero-order chi connectivity index (χ0) is 8.43. The maximum Gasteiger partial charge on any atom is 1.00 e. The van der Waals surface area contributed by atoms with Crippen molar-refractivity contribution in [2.24, 2.45) is 0 Å². The van der Waals surface area contributed by atoms with Gasteiger partial charge < -0.3 is 5.21 Å². The molecule has 1 aromatic heterocycles. The third-order valence-corrected chi connectivity index (χ3v) is 1.05. The number of aromatic amines is 1. The van der Waals surface area contributed by atoms with E-state index in [-0.39, 0.29) is 39.9 Å². The van der Waals surface area contributed by atoms with E-state index in [1.165, 1.54) is 6.07 Å². The molecule has 0 aliphatic carbocycles. The van der Waals surface area contributed by atoms with Crippen LogP contribution in [0.1, 0.15) is 5.56 Å². The van der Waals surface area contributed by atoms with Crippen LogP contribution in [-0.4, -0.2) is 14.9 Å². The van der Waals surface area contributed by atoms with Crippen molar-refractivity contribution >= 4 is 0 Å². The monoisotopic (exact) mass is 176 g/mol. The number of H-pyrrole nitrogens is 1. The average Bonchev–Trinajstić information content (AvgIpc) is 1.97. The van der Waals surface area contributed by atoms with Crippen LogP contribution in [0.25, 0.3) is 0 Å². The number of rotatable bonds is 0. The number of hydrogen-bond acceptors (Lipinski definition) is 4. The van der Waals surface area contributed by atoms with E-state index in [2.05, 4.69) is 0 Å². The molecule has 6 nitrogen and oxygen atoms in total. The van der Waals surface area contributed by atoms with Crippen molar-refractivity contribution in [3.63, 3.8) is 0 Å². The van der Waals surface area contributed by atoms with E-state index < -0.39 is 11.2 Å². The number of hydrogen-bond donors (Lipinski definition) is 2. The van der Waals surface area contributed by atoms with Crippen LogP contribution in [0.4, 0.5) is 0 Å². The van der Waals surface area contributed by atoms with Crippen LogP contribution in [0.5, 0.6) is 0 Å². The standard InChI is InChI=1S/C5H3N3O3.Na/c6-1-3-2-8(11)5(10)7-4(3)9;/h2,11H,(H,7,9,10);/q;+1. The van der Waals surface area contributed by atoms with Gasteiger partial charge in [-0.05, 0) is 0 Å². The van der Waals surface area contributed by atoms with E-state index >= 15 is 0 Å². The molecule has 1 heterocycles. The molecular formula is C5H3N3NaO3+. The Morgan fingerprint density at radius 1 is 1.58 bits per heavy atom. The van der Waals surface area contributed by atoms with Gasteiger partial charge in [-0.25, -0.2) is 4.79 Å². The molecule has 7 heteroatoms. The number of nitrogens with one attached hydrogen (secondary N) is 1. The van der Waals surface area contributed by atoms with Gasteiger partial charge >= 0.3 is 35.2 Å². The van der Waals surface area contributed by atoms with Crippen molar-refractivity contribution in [3.8, 4) is 6.07 Å². The molecule has 1 aromatic rings. The summed E-state index contributed by atoms with van der Waals surface area (Å²) < 4.78 is 0.139. The maximum atomic E-state index is 10.6. The van der Waals surface area contributed by atoms with Gasteiger partial charge in [-0.1, -0.05) is 0 Å². The second-order valence-corrected chi connectivity index (χ2v) is 1.76. The first-order chi connectivity index (χ1) is 5.15. The van der Waals surface area contributed by atoms with E-state index in [9.17, 15) is 9.59 Å². The molecule has 56 valence electrons. The summed E-state index contributed by atoms with van der Waals surface area (Å²) in [6.07, 6.45) is 0.751. The quantitative estimate of drug-likeness (QED) is 0.308. The molecule has 0 aromatic carbocycles. The minimum atomic E-state index is -0.964. The Morgan fingerprint density at radius 2 is 2.17 bits per heavy atom. The third kappa shape index (κ3) is 1.98. The Bertz CT molecular complexity index is 427.